The number of benzene rings is 4. The fourth-order valence-electron chi connectivity index (χ4n) is 7.29. The van der Waals surface area contributed by atoms with Crippen LogP contribution in [-0.4, -0.2) is 42.1 Å². The van der Waals surface area contributed by atoms with Gasteiger partial charge < -0.3 is 19.7 Å². The number of hydrogen-bond acceptors (Lipinski definition) is 6. The molecule has 220 valence electrons. The average molecular weight is 585 g/mol. The predicted octanol–water partition coefficient (Wildman–Crippen LogP) is 6.47. The first-order chi connectivity index (χ1) is 21.5. The molecule has 4 atom stereocenters. The quantitative estimate of drug-likeness (QED) is 0.239. The Morgan fingerprint density at radius 2 is 1.61 bits per heavy atom. The molecule has 0 bridgehead atoms. The van der Waals surface area contributed by atoms with Gasteiger partial charge in [0.25, 0.3) is 0 Å². The summed E-state index contributed by atoms with van der Waals surface area (Å²) in [7, 11) is 1.52. The lowest BCUT2D eigenvalue weighted by Gasteiger charge is -2.38. The zero-order valence-corrected chi connectivity index (χ0v) is 24.5. The van der Waals surface area contributed by atoms with Gasteiger partial charge in [-0.25, -0.2) is 0 Å². The molecule has 3 aliphatic rings. The summed E-state index contributed by atoms with van der Waals surface area (Å²) in [5.74, 6) is -0.859. The fraction of sp³-hybridized carbons (Fsp3) is 0.216. The summed E-state index contributed by atoms with van der Waals surface area (Å²) in [6.45, 7) is 2.59. The monoisotopic (exact) mass is 584 g/mol. The third-order valence-corrected chi connectivity index (χ3v) is 9.11. The molecule has 1 N–H and O–H groups in total. The minimum Gasteiger partial charge on any atom is -0.496 e. The largest absolute Gasteiger partial charge is 0.496 e. The van der Waals surface area contributed by atoms with Gasteiger partial charge in [-0.3, -0.25) is 14.4 Å². The van der Waals surface area contributed by atoms with Crippen LogP contribution in [0, 0.1) is 5.92 Å². The molecule has 4 aromatic rings. The highest BCUT2D eigenvalue weighted by Gasteiger charge is 2.70. The van der Waals surface area contributed by atoms with Crippen molar-refractivity contribution < 1.29 is 23.9 Å². The Bertz CT molecular complexity index is 1810. The number of carbonyl (C=O) groups excluding carboxylic acids is 3. The molecule has 7 rings (SSSR count). The highest BCUT2D eigenvalue weighted by Crippen LogP contribution is 2.62. The van der Waals surface area contributed by atoms with Crippen LogP contribution in [-0.2, 0) is 10.2 Å². The molecule has 0 saturated carbocycles. The molecule has 1 fully saturated rings. The molecule has 1 spiro atoms. The van der Waals surface area contributed by atoms with Crippen molar-refractivity contribution >= 4 is 29.2 Å². The van der Waals surface area contributed by atoms with E-state index in [-0.39, 0.29) is 17.5 Å². The third-order valence-electron chi connectivity index (χ3n) is 9.11. The van der Waals surface area contributed by atoms with Gasteiger partial charge in [-0.15, -0.1) is 0 Å². The van der Waals surface area contributed by atoms with Crippen LogP contribution in [0.3, 0.4) is 0 Å². The van der Waals surface area contributed by atoms with E-state index in [1.165, 1.54) is 7.11 Å². The zero-order chi connectivity index (χ0) is 30.4. The Balaban J connectivity index is 1.48. The Hall–Kier alpha value is -5.17. The van der Waals surface area contributed by atoms with Gasteiger partial charge in [-0.05, 0) is 71.7 Å². The molecule has 0 radical (unpaired) electrons. The number of carbonyl (C=O) groups is 3. The number of nitrogens with one attached hydrogen (secondary N) is 1. The van der Waals surface area contributed by atoms with Crippen molar-refractivity contribution in [3.05, 3.63) is 131 Å². The van der Waals surface area contributed by atoms with E-state index in [2.05, 4.69) is 5.32 Å². The number of ketones is 2. The number of para-hydroxylation sites is 2. The smallest absolute Gasteiger partial charge is 0.238 e. The minimum absolute atomic E-state index is 0.285. The van der Waals surface area contributed by atoms with Gasteiger partial charge in [0.1, 0.15) is 23.0 Å². The van der Waals surface area contributed by atoms with Crippen LogP contribution in [0.4, 0.5) is 5.69 Å². The number of ether oxygens (including phenoxy) is 2. The molecule has 44 heavy (non-hydrogen) atoms. The maximum atomic E-state index is 15.0. The Morgan fingerprint density at radius 3 is 2.41 bits per heavy atom. The molecular weight excluding hydrogens is 552 g/mol. The first-order valence-corrected chi connectivity index (χ1v) is 14.9. The second kappa shape index (κ2) is 10.8. The molecule has 4 aromatic carbocycles. The summed E-state index contributed by atoms with van der Waals surface area (Å²) in [4.78, 5) is 46.3. The number of nitrogens with zero attached hydrogens (tertiary/aromatic N) is 1. The molecule has 3 heterocycles. The van der Waals surface area contributed by atoms with Crippen LogP contribution in [0.15, 0.2) is 103 Å². The van der Waals surface area contributed by atoms with Crippen LogP contribution < -0.4 is 14.8 Å². The van der Waals surface area contributed by atoms with E-state index < -0.39 is 23.4 Å². The van der Waals surface area contributed by atoms with Crippen molar-refractivity contribution in [1.82, 2.24) is 4.90 Å². The molecule has 3 aliphatic heterocycles. The molecule has 0 aromatic heterocycles. The van der Waals surface area contributed by atoms with Crippen LogP contribution >= 0.6 is 0 Å². The number of amides is 1. The summed E-state index contributed by atoms with van der Waals surface area (Å²) >= 11 is 0. The van der Waals surface area contributed by atoms with E-state index in [9.17, 15) is 14.4 Å². The second-order valence-electron chi connectivity index (χ2n) is 11.4. The van der Waals surface area contributed by atoms with Gasteiger partial charge in [0.05, 0.1) is 31.2 Å². The summed E-state index contributed by atoms with van der Waals surface area (Å²) in [5, 5.41) is 3.09. The van der Waals surface area contributed by atoms with E-state index in [0.29, 0.717) is 40.5 Å². The molecule has 1 saturated heterocycles. The molecule has 7 nitrogen and oxygen atoms in total. The van der Waals surface area contributed by atoms with Gasteiger partial charge in [0.15, 0.2) is 11.6 Å². The SMILES string of the molecule is CCCOc1ccc(C(=O)[C@@H]2[C@H](C(=O)c3ccccc3OC)N3C=Cc4ccccc4[C@@H]3[C@]23C(=O)Nc2ccccc23)cc1. The Morgan fingerprint density at radius 1 is 0.886 bits per heavy atom. The van der Waals surface area contributed by atoms with Crippen molar-refractivity contribution in [3.8, 4) is 11.5 Å². The van der Waals surface area contributed by atoms with Crippen LogP contribution in [0.5, 0.6) is 11.5 Å². The first kappa shape index (κ1) is 27.7. The highest BCUT2D eigenvalue weighted by molar-refractivity contribution is 6.17. The standard InChI is InChI=1S/C37H32N2O5/c1-3-22-44-25-18-16-24(17-19-25)33(40)31-32(34(41)27-12-6-9-15-30(27)43-2)39-21-20-23-10-4-5-11-26(23)35(39)37(31)28-13-7-8-14-29(28)38-36(37)42/h4-21,31-32,35H,3,22H2,1-2H3,(H,38,42)/t31-,32+,35+,37+/m0/s1. The number of hydrogen-bond donors (Lipinski definition) is 1. The first-order valence-electron chi connectivity index (χ1n) is 14.9. The molecule has 1 amide bonds. The number of anilines is 1. The third kappa shape index (κ3) is 3.99. The van der Waals surface area contributed by atoms with Crippen molar-refractivity contribution in [2.24, 2.45) is 5.92 Å². The van der Waals surface area contributed by atoms with Crippen LogP contribution in [0.2, 0.25) is 0 Å². The maximum Gasteiger partial charge on any atom is 0.238 e. The summed E-state index contributed by atoms with van der Waals surface area (Å²) < 4.78 is 11.4. The second-order valence-corrected chi connectivity index (χ2v) is 11.4. The van der Waals surface area contributed by atoms with Crippen molar-refractivity contribution in [2.75, 3.05) is 19.0 Å². The van der Waals surface area contributed by atoms with Gasteiger partial charge in [-0.1, -0.05) is 61.5 Å². The molecule has 0 unspecified atom stereocenters. The van der Waals surface area contributed by atoms with Gasteiger partial charge in [0, 0.05) is 17.5 Å². The lowest BCUT2D eigenvalue weighted by molar-refractivity contribution is -0.122. The van der Waals surface area contributed by atoms with Gasteiger partial charge in [0.2, 0.25) is 5.91 Å². The lowest BCUT2D eigenvalue weighted by atomic mass is 9.62. The van der Waals surface area contributed by atoms with E-state index in [0.717, 1.165) is 17.5 Å². The number of methoxy groups -OCH3 is 1. The van der Waals surface area contributed by atoms with Crippen molar-refractivity contribution in [2.45, 2.75) is 30.8 Å². The topological polar surface area (TPSA) is 84.9 Å². The van der Waals surface area contributed by atoms with Gasteiger partial charge in [-0.2, -0.15) is 0 Å². The fourth-order valence-corrected chi connectivity index (χ4v) is 7.29. The summed E-state index contributed by atoms with van der Waals surface area (Å²) in [5.41, 5.74) is 2.56. The van der Waals surface area contributed by atoms with Crippen LogP contribution in [0.25, 0.3) is 6.08 Å². The molecule has 0 aliphatic carbocycles. The van der Waals surface area contributed by atoms with Gasteiger partial charge >= 0.3 is 0 Å². The zero-order valence-electron chi connectivity index (χ0n) is 24.5. The summed E-state index contributed by atoms with van der Waals surface area (Å²) in [6.07, 6.45) is 4.68. The van der Waals surface area contributed by atoms with E-state index in [4.69, 9.17) is 9.47 Å². The van der Waals surface area contributed by atoms with E-state index in [1.807, 2.05) is 72.6 Å². The minimum atomic E-state index is -1.39. The highest BCUT2D eigenvalue weighted by atomic mass is 16.5. The Labute approximate surface area is 256 Å². The van der Waals surface area contributed by atoms with E-state index >= 15 is 0 Å². The maximum absolute atomic E-state index is 15.0. The average Bonchev–Trinajstić information content (AvgIpc) is 3.55. The van der Waals surface area contributed by atoms with Crippen molar-refractivity contribution in [3.63, 3.8) is 0 Å². The number of fused-ring (bicyclic) bond motifs is 6. The number of Topliss-reactive ketones (excluding diaryl/α,β-unsaturated/α-hetero) is 2. The normalized spacial score (nSPS) is 22.6. The van der Waals surface area contributed by atoms with Crippen LogP contribution in [0.1, 0.15) is 56.8 Å². The molecular formula is C37H32N2O5. The summed E-state index contributed by atoms with van der Waals surface area (Å²) in [6, 6.07) is 27.8. The number of rotatable bonds is 8. The lowest BCUT2D eigenvalue weighted by Crippen LogP contribution is -2.49. The van der Waals surface area contributed by atoms with E-state index in [1.54, 1.807) is 48.5 Å². The Kier molecular flexibility index (Phi) is 6.81. The van der Waals surface area contributed by atoms with Crippen molar-refractivity contribution in [1.29, 1.82) is 0 Å². The molecule has 7 heteroatoms. The predicted molar refractivity (Wildman–Crippen MR) is 168 cm³/mol.